The Bertz CT molecular complexity index is 1190. The maximum absolute atomic E-state index is 13.3. The van der Waals surface area contributed by atoms with E-state index >= 15 is 0 Å². The van der Waals surface area contributed by atoms with E-state index in [4.69, 9.17) is 0 Å². The molecule has 2 fully saturated rings. The molecular weight excluding hydrogens is 453 g/mol. The van der Waals surface area contributed by atoms with Gasteiger partial charge in [0.1, 0.15) is 5.69 Å². The fourth-order valence-electron chi connectivity index (χ4n) is 5.29. The van der Waals surface area contributed by atoms with E-state index in [-0.39, 0.29) is 5.91 Å². The first-order valence-corrected chi connectivity index (χ1v) is 12.3. The monoisotopic (exact) mass is 484 g/mol. The van der Waals surface area contributed by atoms with Crippen LogP contribution >= 0.6 is 0 Å². The average Bonchev–Trinajstić information content (AvgIpc) is 3.20. The van der Waals surface area contributed by atoms with Crippen LogP contribution in [0.4, 0.5) is 13.2 Å². The van der Waals surface area contributed by atoms with Gasteiger partial charge in [0.15, 0.2) is 0 Å². The van der Waals surface area contributed by atoms with Gasteiger partial charge in [0, 0.05) is 50.7 Å². The number of benzene rings is 2. The van der Waals surface area contributed by atoms with Crippen LogP contribution in [0, 0.1) is 0 Å². The van der Waals surface area contributed by atoms with Gasteiger partial charge in [-0.2, -0.15) is 13.2 Å². The Morgan fingerprint density at radius 1 is 0.971 bits per heavy atom. The van der Waals surface area contributed by atoms with Crippen molar-refractivity contribution >= 4 is 16.8 Å². The Balaban J connectivity index is 1.22. The molecule has 0 atom stereocenters. The highest BCUT2D eigenvalue weighted by atomic mass is 19.4. The minimum atomic E-state index is -4.32. The zero-order valence-corrected chi connectivity index (χ0v) is 19.9. The lowest BCUT2D eigenvalue weighted by atomic mass is 9.90. The van der Waals surface area contributed by atoms with Crippen LogP contribution in [-0.2, 0) is 19.8 Å². The van der Waals surface area contributed by atoms with Gasteiger partial charge in [-0.1, -0.05) is 24.3 Å². The first kappa shape index (κ1) is 23.9. The van der Waals surface area contributed by atoms with Crippen molar-refractivity contribution in [1.82, 2.24) is 19.7 Å². The minimum Gasteiger partial charge on any atom is -0.340 e. The number of nitrogens with one attached hydrogen (secondary N) is 1. The second kappa shape index (κ2) is 9.66. The Kier molecular flexibility index (Phi) is 6.59. The second-order valence-corrected chi connectivity index (χ2v) is 9.69. The van der Waals surface area contributed by atoms with E-state index < -0.39 is 11.7 Å². The summed E-state index contributed by atoms with van der Waals surface area (Å²) in [6, 6.07) is 13.9. The van der Waals surface area contributed by atoms with Crippen molar-refractivity contribution in [3.63, 3.8) is 0 Å². The Labute approximate surface area is 203 Å². The summed E-state index contributed by atoms with van der Waals surface area (Å²) >= 11 is 0. The van der Waals surface area contributed by atoms with E-state index in [0.29, 0.717) is 44.3 Å². The van der Waals surface area contributed by atoms with Crippen LogP contribution in [0.3, 0.4) is 0 Å². The molecule has 186 valence electrons. The lowest BCUT2D eigenvalue weighted by molar-refractivity contribution is -0.137. The first-order chi connectivity index (χ1) is 16.8. The number of halogens is 3. The lowest BCUT2D eigenvalue weighted by Gasteiger charge is -2.34. The summed E-state index contributed by atoms with van der Waals surface area (Å²) in [6.45, 7) is 5.25. The zero-order chi connectivity index (χ0) is 24.6. The van der Waals surface area contributed by atoms with E-state index in [1.54, 1.807) is 0 Å². The van der Waals surface area contributed by atoms with Crippen LogP contribution < -0.4 is 5.32 Å². The van der Waals surface area contributed by atoms with Crippen LogP contribution in [0.1, 0.15) is 45.9 Å². The van der Waals surface area contributed by atoms with Gasteiger partial charge in [0.2, 0.25) is 0 Å². The number of carbonyl (C=O) groups is 1. The Hall–Kier alpha value is -2.84. The maximum atomic E-state index is 13.3. The molecule has 2 aliphatic heterocycles. The van der Waals surface area contributed by atoms with Crippen LogP contribution in [0.25, 0.3) is 10.9 Å². The quantitative estimate of drug-likeness (QED) is 0.588. The van der Waals surface area contributed by atoms with Crippen molar-refractivity contribution in [2.75, 3.05) is 39.3 Å². The molecule has 0 saturated carbocycles. The van der Waals surface area contributed by atoms with Gasteiger partial charge >= 0.3 is 6.18 Å². The number of aryl methyl sites for hydroxylation is 1. The third-order valence-electron chi connectivity index (χ3n) is 7.45. The number of carbonyl (C=O) groups excluding carboxylic acids is 1. The van der Waals surface area contributed by atoms with Gasteiger partial charge in [-0.25, -0.2) is 0 Å². The Morgan fingerprint density at radius 2 is 1.66 bits per heavy atom. The van der Waals surface area contributed by atoms with Crippen molar-refractivity contribution in [1.29, 1.82) is 0 Å². The fraction of sp³-hybridized carbons (Fsp3) is 0.444. The SMILES string of the molecule is Cn1c(C(=O)N2CCN(Cc3ccc(C(F)(F)F)cc3)CC2)cc2ccc(C3CCNCC3)cc21. The third-order valence-corrected chi connectivity index (χ3v) is 7.45. The average molecular weight is 485 g/mol. The number of amides is 1. The number of alkyl halides is 3. The van der Waals surface area contributed by atoms with Gasteiger partial charge in [0.25, 0.3) is 5.91 Å². The summed E-state index contributed by atoms with van der Waals surface area (Å²) in [5, 5.41) is 4.49. The molecule has 35 heavy (non-hydrogen) atoms. The van der Waals surface area contributed by atoms with Crippen LogP contribution in [0.15, 0.2) is 48.5 Å². The summed E-state index contributed by atoms with van der Waals surface area (Å²) in [7, 11) is 1.96. The standard InChI is InChI=1S/C27H31F3N4O/c1-32-24-16-21(20-8-10-31-11-9-20)4-5-22(24)17-25(32)26(35)34-14-12-33(13-15-34)18-19-2-6-23(7-3-19)27(28,29)30/h2-7,16-17,20,31H,8-15,18H2,1H3. The van der Waals surface area contributed by atoms with Crippen LogP contribution in [0.5, 0.6) is 0 Å². The summed E-state index contributed by atoms with van der Waals surface area (Å²) in [5.41, 5.74) is 3.34. The molecule has 0 spiro atoms. The van der Waals surface area contributed by atoms with E-state index in [2.05, 4.69) is 28.4 Å². The number of fused-ring (bicyclic) bond motifs is 1. The third kappa shape index (κ3) is 5.09. The predicted molar refractivity (Wildman–Crippen MR) is 130 cm³/mol. The molecule has 0 bridgehead atoms. The van der Waals surface area contributed by atoms with Crippen molar-refractivity contribution < 1.29 is 18.0 Å². The molecule has 3 heterocycles. The molecule has 3 aromatic rings. The highest BCUT2D eigenvalue weighted by Gasteiger charge is 2.30. The van der Waals surface area contributed by atoms with E-state index in [0.717, 1.165) is 54.5 Å². The molecular formula is C27H31F3N4O. The van der Waals surface area contributed by atoms with Gasteiger partial charge in [-0.15, -0.1) is 0 Å². The number of hydrogen-bond acceptors (Lipinski definition) is 3. The van der Waals surface area contributed by atoms with Crippen molar-refractivity contribution in [3.05, 3.63) is 70.9 Å². The highest BCUT2D eigenvalue weighted by Crippen LogP contribution is 2.30. The van der Waals surface area contributed by atoms with E-state index in [1.807, 2.05) is 22.6 Å². The number of aromatic nitrogens is 1. The van der Waals surface area contributed by atoms with Gasteiger partial charge in [-0.3, -0.25) is 9.69 Å². The summed E-state index contributed by atoms with van der Waals surface area (Å²) in [4.78, 5) is 17.4. The summed E-state index contributed by atoms with van der Waals surface area (Å²) < 4.78 is 40.4. The van der Waals surface area contributed by atoms with Crippen LogP contribution in [-0.4, -0.2) is 59.5 Å². The molecule has 2 saturated heterocycles. The molecule has 2 aromatic carbocycles. The number of hydrogen-bond donors (Lipinski definition) is 1. The lowest BCUT2D eigenvalue weighted by Crippen LogP contribution is -2.48. The molecule has 2 aliphatic rings. The normalized spacial score (nSPS) is 18.3. The van der Waals surface area contributed by atoms with Crippen molar-refractivity contribution in [2.45, 2.75) is 31.5 Å². The zero-order valence-electron chi connectivity index (χ0n) is 19.9. The summed E-state index contributed by atoms with van der Waals surface area (Å²) in [5.74, 6) is 0.591. The topological polar surface area (TPSA) is 40.5 Å². The predicted octanol–water partition coefficient (Wildman–Crippen LogP) is 4.62. The maximum Gasteiger partial charge on any atom is 0.416 e. The first-order valence-electron chi connectivity index (χ1n) is 12.3. The number of nitrogens with zero attached hydrogens (tertiary/aromatic N) is 3. The van der Waals surface area contributed by atoms with Crippen LogP contribution in [0.2, 0.25) is 0 Å². The molecule has 1 aromatic heterocycles. The fourth-order valence-corrected chi connectivity index (χ4v) is 5.29. The molecule has 5 nitrogen and oxygen atoms in total. The molecule has 8 heteroatoms. The molecule has 0 radical (unpaired) electrons. The molecule has 0 aliphatic carbocycles. The molecule has 1 N–H and O–H groups in total. The second-order valence-electron chi connectivity index (χ2n) is 9.69. The number of piperazine rings is 1. The highest BCUT2D eigenvalue weighted by molar-refractivity contribution is 5.99. The smallest absolute Gasteiger partial charge is 0.340 e. The Morgan fingerprint density at radius 3 is 2.31 bits per heavy atom. The number of rotatable bonds is 4. The molecule has 0 unspecified atom stereocenters. The van der Waals surface area contributed by atoms with Gasteiger partial charge < -0.3 is 14.8 Å². The largest absolute Gasteiger partial charge is 0.416 e. The number of piperidine rings is 1. The van der Waals surface area contributed by atoms with Gasteiger partial charge in [-0.05, 0) is 67.2 Å². The van der Waals surface area contributed by atoms with Crippen molar-refractivity contribution in [3.8, 4) is 0 Å². The van der Waals surface area contributed by atoms with Gasteiger partial charge in [0.05, 0.1) is 5.56 Å². The van der Waals surface area contributed by atoms with E-state index in [1.165, 1.54) is 17.7 Å². The summed E-state index contributed by atoms with van der Waals surface area (Å²) in [6.07, 6.45) is -2.04. The van der Waals surface area contributed by atoms with E-state index in [9.17, 15) is 18.0 Å². The molecule has 1 amide bonds. The minimum absolute atomic E-state index is 0.0290. The van der Waals surface area contributed by atoms with Crippen molar-refractivity contribution in [2.24, 2.45) is 7.05 Å². The molecule has 5 rings (SSSR count).